The van der Waals surface area contributed by atoms with E-state index in [0.29, 0.717) is 17.7 Å². The first-order valence-corrected chi connectivity index (χ1v) is 13.2. The van der Waals surface area contributed by atoms with E-state index in [-0.39, 0.29) is 29.7 Å². The summed E-state index contributed by atoms with van der Waals surface area (Å²) in [5.41, 5.74) is 3.16. The molecule has 0 bridgehead atoms. The number of rotatable bonds is 8. The molecule has 2 amide bonds. The lowest BCUT2D eigenvalue weighted by Gasteiger charge is -2.26. The number of nitrogens with one attached hydrogen (secondary N) is 2. The van der Waals surface area contributed by atoms with Gasteiger partial charge in [0.25, 0.3) is 0 Å². The molecule has 1 saturated heterocycles. The van der Waals surface area contributed by atoms with E-state index in [1.54, 1.807) is 31.2 Å². The van der Waals surface area contributed by atoms with Gasteiger partial charge < -0.3 is 10.2 Å². The third-order valence-electron chi connectivity index (χ3n) is 5.22. The summed E-state index contributed by atoms with van der Waals surface area (Å²) in [6.07, 6.45) is 0.358. The quantitative estimate of drug-likeness (QED) is 0.612. The third-order valence-corrected chi connectivity index (χ3v) is 7.78. The lowest BCUT2D eigenvalue weighted by Crippen LogP contribution is -2.38. The van der Waals surface area contributed by atoms with Crippen molar-refractivity contribution in [3.05, 3.63) is 59.2 Å². The maximum absolute atomic E-state index is 12.5. The summed E-state index contributed by atoms with van der Waals surface area (Å²) in [5, 5.41) is 2.76. The standard InChI is InChI=1S/C23H29N3O4S2/c1-17-3-8-21(18(2)15-17)32(29,30)24-10-9-22(27)25-20-6-4-19(5-7-20)16-23(28)26-11-13-31-14-12-26/h3-8,15,24H,9-14,16H2,1-2H3,(H,25,27). The minimum absolute atomic E-state index is 0.00217. The van der Waals surface area contributed by atoms with Gasteiger partial charge in [-0.25, -0.2) is 13.1 Å². The van der Waals surface area contributed by atoms with Crippen LogP contribution in [-0.4, -0.2) is 56.3 Å². The van der Waals surface area contributed by atoms with Crippen LogP contribution in [0.4, 0.5) is 5.69 Å². The first-order chi connectivity index (χ1) is 15.2. The molecule has 1 aliphatic heterocycles. The van der Waals surface area contributed by atoms with Crippen molar-refractivity contribution in [3.63, 3.8) is 0 Å². The highest BCUT2D eigenvalue weighted by atomic mass is 32.2. The normalized spacial score (nSPS) is 14.2. The zero-order chi connectivity index (χ0) is 23.1. The fourth-order valence-electron chi connectivity index (χ4n) is 3.51. The highest BCUT2D eigenvalue weighted by Crippen LogP contribution is 2.17. The summed E-state index contributed by atoms with van der Waals surface area (Å²) in [6, 6.07) is 12.3. The number of aryl methyl sites for hydroxylation is 2. The number of benzene rings is 2. The van der Waals surface area contributed by atoms with Gasteiger partial charge in [0.2, 0.25) is 21.8 Å². The predicted octanol–water partition coefficient (Wildman–Crippen LogP) is 2.73. The Hall–Kier alpha value is -2.36. The Bertz CT molecular complexity index is 1060. The number of sulfonamides is 1. The minimum Gasteiger partial charge on any atom is -0.341 e. The van der Waals surface area contributed by atoms with E-state index in [1.165, 1.54) is 0 Å². The average Bonchev–Trinajstić information content (AvgIpc) is 2.75. The van der Waals surface area contributed by atoms with Gasteiger partial charge in [0.15, 0.2) is 0 Å². The highest BCUT2D eigenvalue weighted by molar-refractivity contribution is 7.99. The van der Waals surface area contributed by atoms with Crippen molar-refractivity contribution in [2.45, 2.75) is 31.6 Å². The zero-order valence-corrected chi connectivity index (χ0v) is 20.0. The van der Waals surface area contributed by atoms with Crippen LogP contribution in [0.15, 0.2) is 47.4 Å². The lowest BCUT2D eigenvalue weighted by atomic mass is 10.1. The molecule has 0 atom stereocenters. The van der Waals surface area contributed by atoms with Gasteiger partial charge in [0, 0.05) is 43.2 Å². The van der Waals surface area contributed by atoms with Gasteiger partial charge in [0.05, 0.1) is 11.3 Å². The van der Waals surface area contributed by atoms with Gasteiger partial charge in [-0.3, -0.25) is 9.59 Å². The van der Waals surface area contributed by atoms with E-state index in [1.807, 2.05) is 41.8 Å². The Morgan fingerprint density at radius 1 is 1.03 bits per heavy atom. The molecule has 9 heteroatoms. The first kappa shape index (κ1) is 24.3. The second-order valence-corrected chi connectivity index (χ2v) is 10.8. The second-order valence-electron chi connectivity index (χ2n) is 7.83. The number of nitrogens with zero attached hydrogens (tertiary/aromatic N) is 1. The van der Waals surface area contributed by atoms with E-state index in [4.69, 9.17) is 0 Å². The molecular weight excluding hydrogens is 446 g/mol. The Morgan fingerprint density at radius 3 is 2.38 bits per heavy atom. The van der Waals surface area contributed by atoms with Gasteiger partial charge in [-0.1, -0.05) is 29.8 Å². The maximum Gasteiger partial charge on any atom is 0.240 e. The molecule has 1 aliphatic rings. The molecule has 2 N–H and O–H groups in total. The molecule has 2 aromatic rings. The monoisotopic (exact) mass is 475 g/mol. The predicted molar refractivity (Wildman–Crippen MR) is 128 cm³/mol. The first-order valence-electron chi connectivity index (χ1n) is 10.6. The van der Waals surface area contributed by atoms with Gasteiger partial charge in [0.1, 0.15) is 0 Å². The maximum atomic E-state index is 12.5. The van der Waals surface area contributed by atoms with Crippen molar-refractivity contribution in [1.29, 1.82) is 0 Å². The zero-order valence-electron chi connectivity index (χ0n) is 18.4. The van der Waals surface area contributed by atoms with E-state index < -0.39 is 10.0 Å². The molecule has 0 aliphatic carbocycles. The Balaban J connectivity index is 1.46. The SMILES string of the molecule is Cc1ccc(S(=O)(=O)NCCC(=O)Nc2ccc(CC(=O)N3CCSCC3)cc2)c(C)c1. The van der Waals surface area contributed by atoms with Crippen LogP contribution in [0.5, 0.6) is 0 Å². The fraction of sp³-hybridized carbons (Fsp3) is 0.391. The third kappa shape index (κ3) is 6.82. The van der Waals surface area contributed by atoms with E-state index >= 15 is 0 Å². The Labute approximate surface area is 194 Å². The number of thioether (sulfide) groups is 1. The molecular formula is C23H29N3O4S2. The average molecular weight is 476 g/mol. The van der Waals surface area contributed by atoms with Crippen molar-refractivity contribution in [3.8, 4) is 0 Å². The summed E-state index contributed by atoms with van der Waals surface area (Å²) in [4.78, 5) is 26.7. The molecule has 1 fully saturated rings. The van der Waals surface area contributed by atoms with Crippen LogP contribution in [0.25, 0.3) is 0 Å². The fourth-order valence-corrected chi connectivity index (χ4v) is 5.67. The molecule has 1 heterocycles. The summed E-state index contributed by atoms with van der Waals surface area (Å²) >= 11 is 1.86. The van der Waals surface area contributed by atoms with E-state index in [0.717, 1.165) is 35.7 Å². The number of carbonyl (C=O) groups is 2. The number of hydrogen-bond acceptors (Lipinski definition) is 5. The van der Waals surface area contributed by atoms with Crippen LogP contribution < -0.4 is 10.0 Å². The summed E-state index contributed by atoms with van der Waals surface area (Å²) < 4.78 is 27.4. The van der Waals surface area contributed by atoms with Crippen LogP contribution in [0.2, 0.25) is 0 Å². The van der Waals surface area contributed by atoms with Gasteiger partial charge in [-0.2, -0.15) is 11.8 Å². The number of hydrogen-bond donors (Lipinski definition) is 2. The van der Waals surface area contributed by atoms with Crippen molar-refractivity contribution in [2.24, 2.45) is 0 Å². The molecule has 172 valence electrons. The molecule has 0 aromatic heterocycles. The molecule has 32 heavy (non-hydrogen) atoms. The minimum atomic E-state index is -3.67. The van der Waals surface area contributed by atoms with Crippen LogP contribution >= 0.6 is 11.8 Å². The van der Waals surface area contributed by atoms with Crippen molar-refractivity contribution in [1.82, 2.24) is 9.62 Å². The van der Waals surface area contributed by atoms with Crippen molar-refractivity contribution in [2.75, 3.05) is 36.5 Å². The molecule has 0 spiro atoms. The van der Waals surface area contributed by atoms with Gasteiger partial charge in [-0.15, -0.1) is 0 Å². The largest absolute Gasteiger partial charge is 0.341 e. The molecule has 7 nitrogen and oxygen atoms in total. The topological polar surface area (TPSA) is 95.6 Å². The summed E-state index contributed by atoms with van der Waals surface area (Å²) in [5.74, 6) is 1.80. The molecule has 0 radical (unpaired) electrons. The van der Waals surface area contributed by atoms with Crippen LogP contribution in [-0.2, 0) is 26.0 Å². The molecule has 3 rings (SSSR count). The van der Waals surface area contributed by atoms with Crippen LogP contribution in [0, 0.1) is 13.8 Å². The summed E-state index contributed by atoms with van der Waals surface area (Å²) in [6.45, 7) is 5.24. The van der Waals surface area contributed by atoms with Gasteiger partial charge >= 0.3 is 0 Å². The Kier molecular flexibility index (Phi) is 8.33. The number of amides is 2. The van der Waals surface area contributed by atoms with Crippen LogP contribution in [0.1, 0.15) is 23.1 Å². The molecule has 0 unspecified atom stereocenters. The number of anilines is 1. The van der Waals surface area contributed by atoms with E-state index in [2.05, 4.69) is 10.0 Å². The summed E-state index contributed by atoms with van der Waals surface area (Å²) in [7, 11) is -3.67. The van der Waals surface area contributed by atoms with Crippen molar-refractivity contribution >= 4 is 39.3 Å². The highest BCUT2D eigenvalue weighted by Gasteiger charge is 2.18. The van der Waals surface area contributed by atoms with Crippen LogP contribution in [0.3, 0.4) is 0 Å². The molecule has 2 aromatic carbocycles. The lowest BCUT2D eigenvalue weighted by molar-refractivity contribution is -0.130. The van der Waals surface area contributed by atoms with Gasteiger partial charge in [-0.05, 0) is 43.2 Å². The van der Waals surface area contributed by atoms with Crippen molar-refractivity contribution < 1.29 is 18.0 Å². The molecule has 0 saturated carbocycles. The second kappa shape index (κ2) is 11.0. The Morgan fingerprint density at radius 2 is 1.72 bits per heavy atom. The van der Waals surface area contributed by atoms with E-state index in [9.17, 15) is 18.0 Å². The number of carbonyl (C=O) groups excluding carboxylic acids is 2. The smallest absolute Gasteiger partial charge is 0.240 e.